The Kier molecular flexibility index (Phi) is 4.95. The van der Waals surface area contributed by atoms with Crippen LogP contribution in [-0.2, 0) is 11.2 Å². The third kappa shape index (κ3) is 3.76. The summed E-state index contributed by atoms with van der Waals surface area (Å²) in [4.78, 5) is 5.85. The summed E-state index contributed by atoms with van der Waals surface area (Å²) >= 11 is 1.82. The smallest absolute Gasteiger partial charge is 0.0954 e. The Bertz CT molecular complexity index is 334. The van der Waals surface area contributed by atoms with Crippen LogP contribution in [0, 0.1) is 0 Å². The van der Waals surface area contributed by atoms with E-state index in [1.165, 1.54) is 29.1 Å². The van der Waals surface area contributed by atoms with Gasteiger partial charge in [0.05, 0.1) is 11.1 Å². The molecule has 96 valence electrons. The highest BCUT2D eigenvalue weighted by Crippen LogP contribution is 2.24. The standard InChI is InChI=1S/C13H22N2OS/c1-3-6-14-10(2)12-9-15-13(17-12)8-11-5-4-7-16-11/h9-11,14H,3-8H2,1-2H3. The summed E-state index contributed by atoms with van der Waals surface area (Å²) in [5.41, 5.74) is 0. The van der Waals surface area contributed by atoms with Crippen molar-refractivity contribution in [2.75, 3.05) is 13.2 Å². The molecular weight excluding hydrogens is 232 g/mol. The average molecular weight is 254 g/mol. The maximum atomic E-state index is 5.64. The minimum absolute atomic E-state index is 0.410. The quantitative estimate of drug-likeness (QED) is 0.847. The molecule has 1 aromatic rings. The summed E-state index contributed by atoms with van der Waals surface area (Å²) in [7, 11) is 0. The lowest BCUT2D eigenvalue weighted by molar-refractivity contribution is 0.111. The normalized spacial score (nSPS) is 21.9. The van der Waals surface area contributed by atoms with Gasteiger partial charge in [-0.05, 0) is 32.7 Å². The maximum Gasteiger partial charge on any atom is 0.0954 e. The summed E-state index contributed by atoms with van der Waals surface area (Å²) in [5, 5.41) is 4.71. The molecule has 0 aliphatic carbocycles. The highest BCUT2D eigenvalue weighted by molar-refractivity contribution is 7.11. The Labute approximate surface area is 108 Å². The van der Waals surface area contributed by atoms with E-state index in [4.69, 9.17) is 4.74 Å². The van der Waals surface area contributed by atoms with Gasteiger partial charge in [-0.2, -0.15) is 0 Å². The lowest BCUT2D eigenvalue weighted by Gasteiger charge is -2.10. The average Bonchev–Trinajstić information content (AvgIpc) is 2.98. The SMILES string of the molecule is CCCNC(C)c1cnc(CC2CCCO2)s1. The highest BCUT2D eigenvalue weighted by Gasteiger charge is 2.18. The fraction of sp³-hybridized carbons (Fsp3) is 0.769. The molecular formula is C13H22N2OS. The molecule has 1 saturated heterocycles. The van der Waals surface area contributed by atoms with E-state index >= 15 is 0 Å². The van der Waals surface area contributed by atoms with Crippen LogP contribution >= 0.6 is 11.3 Å². The fourth-order valence-corrected chi connectivity index (χ4v) is 3.09. The Balaban J connectivity index is 1.86. The van der Waals surface area contributed by atoms with Crippen molar-refractivity contribution in [3.8, 4) is 0 Å². The van der Waals surface area contributed by atoms with Gasteiger partial charge >= 0.3 is 0 Å². The second-order valence-electron chi connectivity index (χ2n) is 4.67. The monoisotopic (exact) mass is 254 g/mol. The van der Waals surface area contributed by atoms with E-state index in [2.05, 4.69) is 24.1 Å². The first-order valence-corrected chi connectivity index (χ1v) is 7.41. The summed E-state index contributed by atoms with van der Waals surface area (Å²) in [6, 6.07) is 0.422. The molecule has 2 heterocycles. The number of nitrogens with zero attached hydrogens (tertiary/aromatic N) is 1. The van der Waals surface area contributed by atoms with Crippen molar-refractivity contribution in [1.82, 2.24) is 10.3 Å². The van der Waals surface area contributed by atoms with Gasteiger partial charge in [-0.3, -0.25) is 0 Å². The van der Waals surface area contributed by atoms with E-state index in [9.17, 15) is 0 Å². The van der Waals surface area contributed by atoms with Crippen molar-refractivity contribution in [1.29, 1.82) is 0 Å². The molecule has 0 aromatic carbocycles. The van der Waals surface area contributed by atoms with E-state index in [1.54, 1.807) is 0 Å². The zero-order chi connectivity index (χ0) is 12.1. The molecule has 2 rings (SSSR count). The molecule has 2 atom stereocenters. The third-order valence-corrected chi connectivity index (χ3v) is 4.33. The molecule has 1 N–H and O–H groups in total. The number of nitrogens with one attached hydrogen (secondary N) is 1. The van der Waals surface area contributed by atoms with Gasteiger partial charge in [0.1, 0.15) is 0 Å². The van der Waals surface area contributed by atoms with Crippen LogP contribution in [0.15, 0.2) is 6.20 Å². The van der Waals surface area contributed by atoms with Gasteiger partial charge in [0.15, 0.2) is 0 Å². The molecule has 2 unspecified atom stereocenters. The van der Waals surface area contributed by atoms with Gasteiger partial charge in [0.25, 0.3) is 0 Å². The number of hydrogen-bond acceptors (Lipinski definition) is 4. The predicted octanol–water partition coefficient (Wildman–Crippen LogP) is 2.93. The first kappa shape index (κ1) is 13.0. The first-order valence-electron chi connectivity index (χ1n) is 6.59. The largest absolute Gasteiger partial charge is 0.378 e. The summed E-state index contributed by atoms with van der Waals surface area (Å²) in [6.45, 7) is 6.39. The van der Waals surface area contributed by atoms with Crippen LogP contribution in [0.4, 0.5) is 0 Å². The minimum atomic E-state index is 0.410. The molecule has 17 heavy (non-hydrogen) atoms. The van der Waals surface area contributed by atoms with Gasteiger partial charge in [-0.25, -0.2) is 4.98 Å². The molecule has 3 nitrogen and oxygen atoms in total. The van der Waals surface area contributed by atoms with Crippen molar-refractivity contribution >= 4 is 11.3 Å². The van der Waals surface area contributed by atoms with Crippen molar-refractivity contribution in [3.63, 3.8) is 0 Å². The van der Waals surface area contributed by atoms with Crippen molar-refractivity contribution in [2.45, 2.75) is 51.7 Å². The lowest BCUT2D eigenvalue weighted by atomic mass is 10.2. The molecule has 0 bridgehead atoms. The Morgan fingerprint density at radius 1 is 1.65 bits per heavy atom. The number of hydrogen-bond donors (Lipinski definition) is 1. The second-order valence-corrected chi connectivity index (χ2v) is 5.82. The van der Waals surface area contributed by atoms with Gasteiger partial charge in [0.2, 0.25) is 0 Å². The molecule has 1 aliphatic heterocycles. The molecule has 1 aromatic heterocycles. The van der Waals surface area contributed by atoms with E-state index < -0.39 is 0 Å². The Morgan fingerprint density at radius 3 is 3.24 bits per heavy atom. The van der Waals surface area contributed by atoms with Crippen LogP contribution in [0.5, 0.6) is 0 Å². The van der Waals surface area contributed by atoms with Crippen LogP contribution in [0.2, 0.25) is 0 Å². The lowest BCUT2D eigenvalue weighted by Crippen LogP contribution is -2.18. The van der Waals surface area contributed by atoms with Crippen LogP contribution in [0.3, 0.4) is 0 Å². The number of rotatable bonds is 6. The van der Waals surface area contributed by atoms with Gasteiger partial charge in [-0.15, -0.1) is 11.3 Å². The maximum absolute atomic E-state index is 5.64. The zero-order valence-electron chi connectivity index (χ0n) is 10.7. The fourth-order valence-electron chi connectivity index (χ4n) is 2.08. The highest BCUT2D eigenvalue weighted by atomic mass is 32.1. The topological polar surface area (TPSA) is 34.2 Å². The van der Waals surface area contributed by atoms with Gasteiger partial charge in [-0.1, -0.05) is 6.92 Å². The summed E-state index contributed by atoms with van der Waals surface area (Å²) in [5.74, 6) is 0. The molecule has 0 spiro atoms. The van der Waals surface area contributed by atoms with Gasteiger partial charge in [0, 0.05) is 30.1 Å². The van der Waals surface area contributed by atoms with Crippen LogP contribution < -0.4 is 5.32 Å². The van der Waals surface area contributed by atoms with Crippen molar-refractivity contribution in [3.05, 3.63) is 16.1 Å². The Morgan fingerprint density at radius 2 is 2.53 bits per heavy atom. The summed E-state index contributed by atoms with van der Waals surface area (Å²) < 4.78 is 5.64. The number of aromatic nitrogens is 1. The van der Waals surface area contributed by atoms with E-state index in [0.29, 0.717) is 12.1 Å². The van der Waals surface area contributed by atoms with Crippen LogP contribution in [0.25, 0.3) is 0 Å². The molecule has 0 amide bonds. The van der Waals surface area contributed by atoms with E-state index in [-0.39, 0.29) is 0 Å². The zero-order valence-corrected chi connectivity index (χ0v) is 11.6. The second kappa shape index (κ2) is 6.47. The molecule has 0 radical (unpaired) electrons. The molecule has 1 fully saturated rings. The molecule has 1 aliphatic rings. The summed E-state index contributed by atoms with van der Waals surface area (Å²) in [6.07, 6.45) is 6.99. The minimum Gasteiger partial charge on any atom is -0.378 e. The van der Waals surface area contributed by atoms with E-state index in [1.807, 2.05) is 17.5 Å². The first-order chi connectivity index (χ1) is 8.29. The predicted molar refractivity (Wildman–Crippen MR) is 71.5 cm³/mol. The van der Waals surface area contributed by atoms with Crippen LogP contribution in [0.1, 0.15) is 49.0 Å². The van der Waals surface area contributed by atoms with E-state index in [0.717, 1.165) is 19.6 Å². The Hall–Kier alpha value is -0.450. The van der Waals surface area contributed by atoms with Gasteiger partial charge < -0.3 is 10.1 Å². The third-order valence-electron chi connectivity index (χ3n) is 3.13. The van der Waals surface area contributed by atoms with Crippen LogP contribution in [-0.4, -0.2) is 24.2 Å². The molecule has 4 heteroatoms. The molecule has 0 saturated carbocycles. The van der Waals surface area contributed by atoms with Crippen molar-refractivity contribution < 1.29 is 4.74 Å². The number of ether oxygens (including phenoxy) is 1. The number of thiazole rings is 1. The van der Waals surface area contributed by atoms with Crippen molar-refractivity contribution in [2.24, 2.45) is 0 Å².